The maximum Gasteiger partial charge on any atom is 0.339 e. The Morgan fingerprint density at radius 2 is 2.00 bits per heavy atom. The maximum atomic E-state index is 12.8. The van der Waals surface area contributed by atoms with Crippen LogP contribution in [0.25, 0.3) is 5.65 Å². The number of phenols is 1. The molecule has 0 saturated carbocycles. The summed E-state index contributed by atoms with van der Waals surface area (Å²) in [5, 5.41) is 21.3. The molecule has 0 aliphatic heterocycles. The maximum absolute atomic E-state index is 12.8. The number of anilines is 1. The van der Waals surface area contributed by atoms with Crippen LogP contribution in [0, 0.1) is 6.92 Å². The third kappa shape index (κ3) is 3.03. The average molecular weight is 339 g/mol. The Kier molecular flexibility index (Phi) is 4.14. The van der Waals surface area contributed by atoms with Crippen molar-refractivity contribution in [1.82, 2.24) is 9.38 Å². The van der Waals surface area contributed by atoms with Gasteiger partial charge in [0.1, 0.15) is 22.7 Å². The van der Waals surface area contributed by atoms with Crippen LogP contribution in [0.15, 0.2) is 36.5 Å². The molecule has 7 nitrogen and oxygen atoms in total. The van der Waals surface area contributed by atoms with Crippen LogP contribution in [0.1, 0.15) is 39.0 Å². The molecule has 0 bridgehead atoms. The van der Waals surface area contributed by atoms with Gasteiger partial charge in [-0.1, -0.05) is 13.0 Å². The Balaban J connectivity index is 2.02. The number of rotatable bonds is 4. The largest absolute Gasteiger partial charge is 0.507 e. The number of aromatic nitrogens is 2. The number of hydrogen-bond donors (Lipinski definition) is 3. The number of hydrogen-bond acceptors (Lipinski definition) is 4. The summed E-state index contributed by atoms with van der Waals surface area (Å²) in [5.41, 5.74) is 2.72. The highest BCUT2D eigenvalue weighted by Gasteiger charge is 2.19. The van der Waals surface area contributed by atoms with Gasteiger partial charge in [0, 0.05) is 11.9 Å². The molecule has 2 heterocycles. The van der Waals surface area contributed by atoms with Crippen LogP contribution in [-0.2, 0) is 6.42 Å². The molecule has 3 aromatic rings. The summed E-state index contributed by atoms with van der Waals surface area (Å²) in [5.74, 6) is -2.02. The molecular formula is C18H17N3O4. The highest BCUT2D eigenvalue weighted by molar-refractivity contribution is 6.05. The fraction of sp³-hybridized carbons (Fsp3) is 0.167. The molecular weight excluding hydrogens is 322 g/mol. The molecule has 128 valence electrons. The second-order valence-electron chi connectivity index (χ2n) is 5.69. The van der Waals surface area contributed by atoms with Gasteiger partial charge in [-0.3, -0.25) is 9.20 Å². The van der Waals surface area contributed by atoms with E-state index in [9.17, 15) is 14.7 Å². The van der Waals surface area contributed by atoms with E-state index >= 15 is 0 Å². The van der Waals surface area contributed by atoms with Crippen molar-refractivity contribution in [1.29, 1.82) is 0 Å². The summed E-state index contributed by atoms with van der Waals surface area (Å²) in [6.45, 7) is 3.83. The third-order valence-corrected chi connectivity index (χ3v) is 3.87. The van der Waals surface area contributed by atoms with E-state index in [4.69, 9.17) is 5.11 Å². The van der Waals surface area contributed by atoms with Crippen LogP contribution < -0.4 is 5.32 Å². The molecule has 0 aliphatic carbocycles. The minimum Gasteiger partial charge on any atom is -0.507 e. The molecule has 0 unspecified atom stereocenters. The molecule has 0 aliphatic rings. The highest BCUT2D eigenvalue weighted by Crippen LogP contribution is 2.23. The lowest BCUT2D eigenvalue weighted by atomic mass is 10.1. The van der Waals surface area contributed by atoms with Crippen molar-refractivity contribution in [2.75, 3.05) is 5.32 Å². The third-order valence-electron chi connectivity index (χ3n) is 3.87. The fourth-order valence-electron chi connectivity index (χ4n) is 2.66. The van der Waals surface area contributed by atoms with Gasteiger partial charge in [-0.25, -0.2) is 9.78 Å². The number of carbonyl (C=O) groups excluding carboxylic acids is 1. The Morgan fingerprint density at radius 3 is 2.68 bits per heavy atom. The molecule has 7 heteroatoms. The summed E-state index contributed by atoms with van der Waals surface area (Å²) in [6, 6.07) is 7.66. The average Bonchev–Trinajstić information content (AvgIpc) is 2.94. The molecule has 0 spiro atoms. The van der Waals surface area contributed by atoms with Crippen LogP contribution >= 0.6 is 0 Å². The monoisotopic (exact) mass is 339 g/mol. The lowest BCUT2D eigenvalue weighted by molar-refractivity contribution is 0.0693. The number of amides is 1. The fourth-order valence-corrected chi connectivity index (χ4v) is 2.66. The number of benzene rings is 1. The summed E-state index contributed by atoms with van der Waals surface area (Å²) in [7, 11) is 0. The predicted octanol–water partition coefficient (Wildman–Crippen LogP) is 2.86. The SMILES string of the molecule is CCc1nc2ccc(C)cn2c1C(=O)Nc1ccc(O)c(C(=O)O)c1. The lowest BCUT2D eigenvalue weighted by Crippen LogP contribution is -2.16. The number of aromatic carboxylic acids is 1. The smallest absolute Gasteiger partial charge is 0.339 e. The van der Waals surface area contributed by atoms with E-state index in [2.05, 4.69) is 10.3 Å². The van der Waals surface area contributed by atoms with E-state index < -0.39 is 11.9 Å². The van der Waals surface area contributed by atoms with Crippen molar-refractivity contribution < 1.29 is 19.8 Å². The number of aromatic hydroxyl groups is 1. The molecule has 2 aromatic heterocycles. The normalized spacial score (nSPS) is 10.8. The van der Waals surface area contributed by atoms with Gasteiger partial charge in [0.05, 0.1) is 5.69 Å². The first-order valence-corrected chi connectivity index (χ1v) is 7.76. The van der Waals surface area contributed by atoms with Crippen LogP contribution in [-0.4, -0.2) is 31.5 Å². The first-order chi connectivity index (χ1) is 11.9. The van der Waals surface area contributed by atoms with Crippen molar-refractivity contribution in [3.63, 3.8) is 0 Å². The van der Waals surface area contributed by atoms with Gasteiger partial charge in [-0.15, -0.1) is 0 Å². The number of fused-ring (bicyclic) bond motifs is 1. The molecule has 0 saturated heterocycles. The second-order valence-corrected chi connectivity index (χ2v) is 5.69. The number of carbonyl (C=O) groups is 2. The van der Waals surface area contributed by atoms with E-state index in [-0.39, 0.29) is 17.0 Å². The molecule has 3 N–H and O–H groups in total. The van der Waals surface area contributed by atoms with E-state index in [1.54, 1.807) is 4.40 Å². The van der Waals surface area contributed by atoms with E-state index in [0.29, 0.717) is 23.5 Å². The first kappa shape index (κ1) is 16.5. The Morgan fingerprint density at radius 1 is 1.24 bits per heavy atom. The predicted molar refractivity (Wildman–Crippen MR) is 92.3 cm³/mol. The number of nitrogens with zero attached hydrogens (tertiary/aromatic N) is 2. The van der Waals surface area contributed by atoms with E-state index in [1.807, 2.05) is 32.2 Å². The van der Waals surface area contributed by atoms with Crippen LogP contribution in [0.4, 0.5) is 5.69 Å². The number of carboxylic acids is 1. The van der Waals surface area contributed by atoms with Crippen molar-refractivity contribution >= 4 is 23.2 Å². The van der Waals surface area contributed by atoms with Crippen LogP contribution in [0.5, 0.6) is 5.75 Å². The molecule has 0 radical (unpaired) electrons. The Hall–Kier alpha value is -3.35. The molecule has 1 aromatic carbocycles. The van der Waals surface area contributed by atoms with Gasteiger partial charge in [0.15, 0.2) is 0 Å². The Bertz CT molecular complexity index is 991. The first-order valence-electron chi connectivity index (χ1n) is 7.76. The molecule has 1 amide bonds. The number of imidazole rings is 1. The van der Waals surface area contributed by atoms with Crippen molar-refractivity contribution in [3.05, 3.63) is 59.0 Å². The molecule has 0 fully saturated rings. The zero-order valence-electron chi connectivity index (χ0n) is 13.8. The van der Waals surface area contributed by atoms with E-state index in [0.717, 1.165) is 5.56 Å². The van der Waals surface area contributed by atoms with Gasteiger partial charge in [-0.2, -0.15) is 0 Å². The topological polar surface area (TPSA) is 104 Å². The van der Waals surface area contributed by atoms with Gasteiger partial charge < -0.3 is 15.5 Å². The van der Waals surface area contributed by atoms with Crippen molar-refractivity contribution in [2.45, 2.75) is 20.3 Å². The summed E-state index contributed by atoms with van der Waals surface area (Å²) in [4.78, 5) is 28.3. The summed E-state index contributed by atoms with van der Waals surface area (Å²) < 4.78 is 1.72. The Labute approximate surface area is 143 Å². The van der Waals surface area contributed by atoms with E-state index in [1.165, 1.54) is 18.2 Å². The molecule has 25 heavy (non-hydrogen) atoms. The zero-order chi connectivity index (χ0) is 18.1. The van der Waals surface area contributed by atoms with Crippen molar-refractivity contribution in [2.24, 2.45) is 0 Å². The van der Waals surface area contributed by atoms with Gasteiger partial charge in [0.2, 0.25) is 0 Å². The number of nitrogens with one attached hydrogen (secondary N) is 1. The standard InChI is InChI=1S/C18H17N3O4/c1-3-13-16(21-9-10(2)4-7-15(21)20-13)17(23)19-11-5-6-14(22)12(8-11)18(24)25/h4-9,22H,3H2,1-2H3,(H,19,23)(H,24,25). The number of pyridine rings is 1. The number of carboxylic acid groups (broad SMARTS) is 1. The molecule has 3 rings (SSSR count). The van der Waals surface area contributed by atoms with Crippen molar-refractivity contribution in [3.8, 4) is 5.75 Å². The zero-order valence-corrected chi connectivity index (χ0v) is 13.8. The van der Waals surface area contributed by atoms with Crippen LogP contribution in [0.2, 0.25) is 0 Å². The second kappa shape index (κ2) is 6.27. The van der Waals surface area contributed by atoms with Gasteiger partial charge >= 0.3 is 5.97 Å². The summed E-state index contributed by atoms with van der Waals surface area (Å²) in [6.07, 6.45) is 2.41. The quantitative estimate of drug-likeness (QED) is 0.634. The van der Waals surface area contributed by atoms with Gasteiger partial charge in [-0.05, 0) is 43.2 Å². The minimum atomic E-state index is -1.27. The number of aryl methyl sites for hydroxylation is 2. The van der Waals surface area contributed by atoms with Crippen LogP contribution in [0.3, 0.4) is 0 Å². The summed E-state index contributed by atoms with van der Waals surface area (Å²) >= 11 is 0. The lowest BCUT2D eigenvalue weighted by Gasteiger charge is -2.08. The highest BCUT2D eigenvalue weighted by atomic mass is 16.4. The molecule has 0 atom stereocenters. The van der Waals surface area contributed by atoms with Gasteiger partial charge in [0.25, 0.3) is 5.91 Å². The minimum absolute atomic E-state index is 0.275.